The van der Waals surface area contributed by atoms with E-state index in [0.29, 0.717) is 5.92 Å². The van der Waals surface area contributed by atoms with Crippen molar-refractivity contribution >= 4 is 39.2 Å². The van der Waals surface area contributed by atoms with E-state index < -0.39 is 0 Å². The monoisotopic (exact) mass is 534 g/mol. The van der Waals surface area contributed by atoms with Gasteiger partial charge in [-0.2, -0.15) is 0 Å². The van der Waals surface area contributed by atoms with Gasteiger partial charge in [-0.1, -0.05) is 78.0 Å². The zero-order chi connectivity index (χ0) is 24.7. The smallest absolute Gasteiger partial charge is 0.186 e. The first-order valence-corrected chi connectivity index (χ1v) is 13.4. The minimum absolute atomic E-state index is 0.126. The number of carbonyl (C=O) groups is 1. The lowest BCUT2D eigenvalue weighted by Crippen LogP contribution is -2.28. The Kier molecular flexibility index (Phi) is 6.90. The van der Waals surface area contributed by atoms with Crippen molar-refractivity contribution < 1.29 is 4.79 Å². The topological polar surface area (TPSA) is 41.8 Å². The van der Waals surface area contributed by atoms with E-state index in [0.717, 1.165) is 43.2 Å². The van der Waals surface area contributed by atoms with Crippen LogP contribution in [0.5, 0.6) is 0 Å². The summed E-state index contributed by atoms with van der Waals surface area (Å²) in [6.07, 6.45) is 12.7. The highest BCUT2D eigenvalue weighted by Crippen LogP contribution is 2.47. The summed E-state index contributed by atoms with van der Waals surface area (Å²) in [6.45, 7) is 12.6. The lowest BCUT2D eigenvalue weighted by atomic mass is 9.71. The third kappa shape index (κ3) is 5.06. The summed E-state index contributed by atoms with van der Waals surface area (Å²) in [5.41, 5.74) is 4.88. The normalized spacial score (nSPS) is 20.7. The second-order valence-electron chi connectivity index (χ2n) is 10.8. The lowest BCUT2D eigenvalue weighted by molar-refractivity contribution is -0.114. The van der Waals surface area contributed by atoms with Crippen LogP contribution in [0.1, 0.15) is 41.5 Å². The molecule has 2 aliphatic carbocycles. The molecule has 34 heavy (non-hydrogen) atoms. The van der Waals surface area contributed by atoms with E-state index in [-0.39, 0.29) is 16.6 Å². The average Bonchev–Trinajstić information content (AvgIpc) is 3.18. The number of fused-ring (bicyclic) bond motifs is 1. The maximum atomic E-state index is 13.5. The highest BCUT2D eigenvalue weighted by Gasteiger charge is 2.36. The number of hydrogen-bond donors (Lipinski definition) is 0. The van der Waals surface area contributed by atoms with Crippen molar-refractivity contribution in [3.63, 3.8) is 0 Å². The Morgan fingerprint density at radius 2 is 1.65 bits per heavy atom. The first kappa shape index (κ1) is 24.9. The standard InChI is InChI=1S/C29H31BrN2OS/c1-28(2,3)21-15-19(16-22(26(21)33)29(4,5)6)25(32-31-24-14-10-9-13-23(24)30)27-20-12-8-7-11-18(20)17-34-27/h7-16,18H,17H2,1-6H3. The van der Waals surface area contributed by atoms with Crippen molar-refractivity contribution in [3.05, 3.63) is 98.1 Å². The summed E-state index contributed by atoms with van der Waals surface area (Å²) in [7, 11) is 0. The molecule has 0 fully saturated rings. The Labute approximate surface area is 215 Å². The van der Waals surface area contributed by atoms with E-state index in [1.807, 2.05) is 48.2 Å². The molecule has 1 atom stereocenters. The summed E-state index contributed by atoms with van der Waals surface area (Å²) in [5, 5.41) is 9.49. The van der Waals surface area contributed by atoms with Crippen LogP contribution in [0.4, 0.5) is 5.69 Å². The minimum Gasteiger partial charge on any atom is -0.289 e. The predicted molar refractivity (Wildman–Crippen MR) is 147 cm³/mol. The van der Waals surface area contributed by atoms with Gasteiger partial charge in [-0.3, -0.25) is 4.79 Å². The van der Waals surface area contributed by atoms with Crippen LogP contribution >= 0.6 is 27.7 Å². The second kappa shape index (κ2) is 9.43. The molecule has 3 nitrogen and oxygen atoms in total. The number of ketones is 1. The van der Waals surface area contributed by atoms with Crippen LogP contribution in [0.15, 0.2) is 108 Å². The van der Waals surface area contributed by atoms with E-state index in [1.165, 1.54) is 5.57 Å². The molecule has 1 unspecified atom stereocenters. The van der Waals surface area contributed by atoms with Crippen molar-refractivity contribution in [2.24, 2.45) is 27.0 Å². The Balaban J connectivity index is 1.98. The molecule has 4 rings (SSSR count). The van der Waals surface area contributed by atoms with Gasteiger partial charge in [0.15, 0.2) is 5.78 Å². The molecular weight excluding hydrogens is 504 g/mol. The number of Topliss-reactive ketones (excluding diaryl/α,β-unsaturated/α-hetero) is 1. The molecule has 0 saturated carbocycles. The number of thioether (sulfide) groups is 1. The van der Waals surface area contributed by atoms with Crippen molar-refractivity contribution in [3.8, 4) is 0 Å². The SMILES string of the molecule is CC(C)(C)C1=CC(=C(N=Nc2ccccc2Br)C2=C3C=CC=CC3CS2)C=C(C(C)(C)C)C1=O. The predicted octanol–water partition coefficient (Wildman–Crippen LogP) is 9.06. The molecule has 176 valence electrons. The number of nitrogens with zero attached hydrogens (tertiary/aromatic N) is 2. The number of carbonyl (C=O) groups excluding carboxylic acids is 1. The molecule has 5 heteroatoms. The average molecular weight is 536 g/mol. The van der Waals surface area contributed by atoms with Crippen LogP contribution in [-0.2, 0) is 4.79 Å². The van der Waals surface area contributed by atoms with Crippen molar-refractivity contribution in [1.29, 1.82) is 0 Å². The fourth-order valence-electron chi connectivity index (χ4n) is 4.19. The molecule has 1 heterocycles. The van der Waals surface area contributed by atoms with Gasteiger partial charge in [-0.15, -0.1) is 22.0 Å². The fourth-order valence-corrected chi connectivity index (χ4v) is 5.87. The summed E-state index contributed by atoms with van der Waals surface area (Å²) in [6, 6.07) is 7.83. The van der Waals surface area contributed by atoms with Crippen molar-refractivity contribution in [2.45, 2.75) is 41.5 Å². The van der Waals surface area contributed by atoms with Crippen LogP contribution in [-0.4, -0.2) is 11.5 Å². The third-order valence-corrected chi connectivity index (χ3v) is 8.02. The van der Waals surface area contributed by atoms with E-state index >= 15 is 0 Å². The number of hydrogen-bond acceptors (Lipinski definition) is 4. The van der Waals surface area contributed by atoms with Gasteiger partial charge in [0.05, 0.1) is 5.69 Å². The Bertz CT molecular complexity index is 1210. The summed E-state index contributed by atoms with van der Waals surface area (Å²) < 4.78 is 0.897. The third-order valence-electron chi connectivity index (χ3n) is 6.10. The lowest BCUT2D eigenvalue weighted by Gasteiger charge is -2.31. The van der Waals surface area contributed by atoms with Gasteiger partial charge in [0.2, 0.25) is 0 Å². The molecule has 0 N–H and O–H groups in total. The largest absolute Gasteiger partial charge is 0.289 e. The van der Waals surface area contributed by atoms with Crippen LogP contribution in [0.25, 0.3) is 0 Å². The highest BCUT2D eigenvalue weighted by atomic mass is 79.9. The van der Waals surface area contributed by atoms with Gasteiger partial charge in [0.1, 0.15) is 5.70 Å². The first-order chi connectivity index (χ1) is 16.0. The van der Waals surface area contributed by atoms with Crippen LogP contribution in [0.3, 0.4) is 0 Å². The number of rotatable bonds is 3. The van der Waals surface area contributed by atoms with Gasteiger partial charge < -0.3 is 0 Å². The second-order valence-corrected chi connectivity index (χ2v) is 12.7. The van der Waals surface area contributed by atoms with E-state index in [1.54, 1.807) is 0 Å². The van der Waals surface area contributed by atoms with Gasteiger partial charge in [-0.25, -0.2) is 0 Å². The highest BCUT2D eigenvalue weighted by molar-refractivity contribution is 9.10. The zero-order valence-electron chi connectivity index (χ0n) is 20.6. The first-order valence-electron chi connectivity index (χ1n) is 11.6. The number of halogens is 1. The summed E-state index contributed by atoms with van der Waals surface area (Å²) in [5.74, 6) is 1.49. The van der Waals surface area contributed by atoms with E-state index in [4.69, 9.17) is 5.11 Å². The van der Waals surface area contributed by atoms with Gasteiger partial charge >= 0.3 is 0 Å². The quantitative estimate of drug-likeness (QED) is 0.362. The Morgan fingerprint density at radius 3 is 2.26 bits per heavy atom. The number of azo groups is 1. The van der Waals surface area contributed by atoms with Gasteiger partial charge in [-0.05, 0) is 56.6 Å². The molecule has 1 aliphatic heterocycles. The zero-order valence-corrected chi connectivity index (χ0v) is 23.0. The molecule has 3 aliphatic rings. The van der Waals surface area contributed by atoms with Crippen LogP contribution < -0.4 is 0 Å². The molecule has 0 bridgehead atoms. The maximum Gasteiger partial charge on any atom is 0.186 e. The Morgan fingerprint density at radius 1 is 1.00 bits per heavy atom. The fraction of sp³-hybridized carbons (Fsp3) is 0.345. The minimum atomic E-state index is -0.283. The molecule has 0 amide bonds. The molecule has 0 saturated heterocycles. The molecule has 0 spiro atoms. The molecule has 0 aromatic heterocycles. The van der Waals surface area contributed by atoms with E-state index in [2.05, 4.69) is 86.9 Å². The van der Waals surface area contributed by atoms with Crippen molar-refractivity contribution in [2.75, 3.05) is 5.75 Å². The van der Waals surface area contributed by atoms with Crippen LogP contribution in [0.2, 0.25) is 0 Å². The van der Waals surface area contributed by atoms with E-state index in [9.17, 15) is 4.79 Å². The maximum absolute atomic E-state index is 13.5. The summed E-state index contributed by atoms with van der Waals surface area (Å²) in [4.78, 5) is 14.6. The van der Waals surface area contributed by atoms with Crippen LogP contribution in [0, 0.1) is 16.7 Å². The van der Waals surface area contributed by atoms with Gasteiger partial charge in [0, 0.05) is 37.8 Å². The number of benzene rings is 1. The molecule has 1 aromatic carbocycles. The molecule has 0 radical (unpaired) electrons. The van der Waals surface area contributed by atoms with Gasteiger partial charge in [0.25, 0.3) is 0 Å². The molecule has 1 aromatic rings. The number of allylic oxidation sites excluding steroid dienone is 10. The molecular formula is C29H31BrN2OS. The summed E-state index contributed by atoms with van der Waals surface area (Å²) >= 11 is 5.40. The Hall–Kier alpha value is -2.24. The van der Waals surface area contributed by atoms with Crippen molar-refractivity contribution in [1.82, 2.24) is 0 Å².